The van der Waals surface area contributed by atoms with Crippen molar-refractivity contribution in [1.82, 2.24) is 9.88 Å². The molecule has 1 atom stereocenters. The molecule has 4 nitrogen and oxygen atoms in total. The number of nitrogens with zero attached hydrogens (tertiary/aromatic N) is 1. The van der Waals surface area contributed by atoms with Gasteiger partial charge in [0.1, 0.15) is 0 Å². The van der Waals surface area contributed by atoms with Gasteiger partial charge < -0.3 is 10.1 Å². The summed E-state index contributed by atoms with van der Waals surface area (Å²) in [6, 6.07) is 20.1. The van der Waals surface area contributed by atoms with Gasteiger partial charge in [0.2, 0.25) is 0 Å². The lowest BCUT2D eigenvalue weighted by molar-refractivity contribution is 0.0579. The van der Waals surface area contributed by atoms with Crippen LogP contribution < -0.4 is 5.56 Å². The van der Waals surface area contributed by atoms with Crippen LogP contribution in [-0.2, 0) is 13.0 Å². The summed E-state index contributed by atoms with van der Waals surface area (Å²) in [7, 11) is 0. The maximum atomic E-state index is 12.5. The van der Waals surface area contributed by atoms with E-state index in [2.05, 4.69) is 22.0 Å². The zero-order valence-corrected chi connectivity index (χ0v) is 14.8. The lowest BCUT2D eigenvalue weighted by atomic mass is 9.88. The quantitative estimate of drug-likeness (QED) is 0.745. The summed E-state index contributed by atoms with van der Waals surface area (Å²) >= 11 is 0. The number of likely N-dealkylation sites (tertiary alicyclic amines) is 1. The van der Waals surface area contributed by atoms with Crippen molar-refractivity contribution in [2.45, 2.75) is 31.3 Å². The molecule has 1 aromatic heterocycles. The molecule has 1 aliphatic heterocycles. The molecular formula is C22H24N2O2. The lowest BCUT2D eigenvalue weighted by Gasteiger charge is -2.37. The van der Waals surface area contributed by atoms with Gasteiger partial charge >= 0.3 is 0 Å². The van der Waals surface area contributed by atoms with E-state index in [0.717, 1.165) is 42.3 Å². The fourth-order valence-corrected chi connectivity index (χ4v) is 4.17. The van der Waals surface area contributed by atoms with E-state index in [-0.39, 0.29) is 17.7 Å². The molecule has 2 N–H and O–H groups in total. The normalized spacial score (nSPS) is 20.7. The average Bonchev–Trinajstić information content (AvgIpc) is 3.06. The highest BCUT2D eigenvalue weighted by atomic mass is 16.3. The largest absolute Gasteiger partial charge is 0.394 e. The SMILES string of the molecule is O=c1[nH]c2ccccc2cc1CN1CCCC1(CO)Cc1ccccc1. The lowest BCUT2D eigenvalue weighted by Crippen LogP contribution is -2.49. The summed E-state index contributed by atoms with van der Waals surface area (Å²) < 4.78 is 0. The molecule has 0 saturated carbocycles. The number of hydrogen-bond acceptors (Lipinski definition) is 3. The molecule has 26 heavy (non-hydrogen) atoms. The second kappa shape index (κ2) is 7.06. The van der Waals surface area contributed by atoms with Crippen LogP contribution in [-0.4, -0.2) is 33.7 Å². The highest BCUT2D eigenvalue weighted by Crippen LogP contribution is 2.33. The Hall–Kier alpha value is -2.43. The van der Waals surface area contributed by atoms with Crippen molar-refractivity contribution in [3.05, 3.63) is 82.1 Å². The van der Waals surface area contributed by atoms with Gasteiger partial charge in [0, 0.05) is 23.2 Å². The average molecular weight is 348 g/mol. The molecular weight excluding hydrogens is 324 g/mol. The number of pyridine rings is 1. The van der Waals surface area contributed by atoms with E-state index in [1.165, 1.54) is 5.56 Å². The molecule has 1 fully saturated rings. The highest BCUT2D eigenvalue weighted by molar-refractivity contribution is 5.78. The predicted molar refractivity (Wildman–Crippen MR) is 104 cm³/mol. The third-order valence-electron chi connectivity index (χ3n) is 5.60. The van der Waals surface area contributed by atoms with E-state index in [1.54, 1.807) is 0 Å². The summed E-state index contributed by atoms with van der Waals surface area (Å²) in [5.74, 6) is 0. The molecule has 134 valence electrons. The minimum Gasteiger partial charge on any atom is -0.394 e. The van der Waals surface area contributed by atoms with E-state index >= 15 is 0 Å². The van der Waals surface area contributed by atoms with Gasteiger partial charge in [-0.3, -0.25) is 9.69 Å². The van der Waals surface area contributed by atoms with E-state index < -0.39 is 0 Å². The Balaban J connectivity index is 1.64. The molecule has 2 aromatic carbocycles. The highest BCUT2D eigenvalue weighted by Gasteiger charge is 2.40. The summed E-state index contributed by atoms with van der Waals surface area (Å²) in [5.41, 5.74) is 2.51. The predicted octanol–water partition coefficient (Wildman–Crippen LogP) is 3.10. The fraction of sp³-hybridized carbons (Fsp3) is 0.318. The molecule has 1 saturated heterocycles. The number of aliphatic hydroxyl groups is 1. The first kappa shape index (κ1) is 17.0. The number of H-pyrrole nitrogens is 1. The zero-order valence-electron chi connectivity index (χ0n) is 14.8. The second-order valence-electron chi connectivity index (χ2n) is 7.28. The molecule has 0 aliphatic carbocycles. The van der Waals surface area contributed by atoms with Gasteiger partial charge in [-0.15, -0.1) is 0 Å². The van der Waals surface area contributed by atoms with Gasteiger partial charge in [0.05, 0.1) is 6.61 Å². The minimum absolute atomic E-state index is 0.0397. The first-order valence-electron chi connectivity index (χ1n) is 9.21. The van der Waals surface area contributed by atoms with Crippen LogP contribution in [0.4, 0.5) is 0 Å². The third-order valence-corrected chi connectivity index (χ3v) is 5.60. The standard InChI is InChI=1S/C22H24N2O2/c25-16-22(14-17-7-2-1-3-8-17)11-6-12-24(22)15-19-13-18-9-4-5-10-20(18)23-21(19)26/h1-5,7-10,13,25H,6,11-12,14-16H2,(H,23,26). The van der Waals surface area contributed by atoms with Crippen molar-refractivity contribution in [3.63, 3.8) is 0 Å². The maximum Gasteiger partial charge on any atom is 0.252 e. The summed E-state index contributed by atoms with van der Waals surface area (Å²) in [6.45, 7) is 1.57. The van der Waals surface area contributed by atoms with Crippen LogP contribution in [0.15, 0.2) is 65.5 Å². The number of hydrogen-bond donors (Lipinski definition) is 2. The van der Waals surface area contributed by atoms with Crippen LogP contribution in [0.3, 0.4) is 0 Å². The molecule has 1 aliphatic rings. The first-order chi connectivity index (χ1) is 12.7. The number of fused-ring (bicyclic) bond motifs is 1. The van der Waals surface area contributed by atoms with Crippen molar-refractivity contribution in [2.24, 2.45) is 0 Å². The number of aliphatic hydroxyl groups excluding tert-OH is 1. The van der Waals surface area contributed by atoms with Crippen LogP contribution in [0.1, 0.15) is 24.0 Å². The molecule has 0 spiro atoms. The van der Waals surface area contributed by atoms with Crippen LogP contribution >= 0.6 is 0 Å². The Labute approximate surface area is 153 Å². The summed E-state index contributed by atoms with van der Waals surface area (Å²) in [5, 5.41) is 11.3. The Bertz CT molecular complexity index is 951. The van der Waals surface area contributed by atoms with Gasteiger partial charge in [-0.1, -0.05) is 48.5 Å². The number of para-hydroxylation sites is 1. The topological polar surface area (TPSA) is 56.3 Å². The molecule has 4 rings (SSSR count). The van der Waals surface area contributed by atoms with E-state index in [9.17, 15) is 9.90 Å². The molecule has 0 radical (unpaired) electrons. The summed E-state index contributed by atoms with van der Waals surface area (Å²) in [4.78, 5) is 17.8. The van der Waals surface area contributed by atoms with Crippen molar-refractivity contribution >= 4 is 10.9 Å². The number of aromatic nitrogens is 1. The van der Waals surface area contributed by atoms with Crippen LogP contribution in [0.25, 0.3) is 10.9 Å². The van der Waals surface area contributed by atoms with Crippen molar-refractivity contribution < 1.29 is 5.11 Å². The Kier molecular flexibility index (Phi) is 4.62. The zero-order chi connectivity index (χ0) is 18.0. The maximum absolute atomic E-state index is 12.5. The second-order valence-corrected chi connectivity index (χ2v) is 7.28. The smallest absolute Gasteiger partial charge is 0.252 e. The molecule has 0 amide bonds. The summed E-state index contributed by atoms with van der Waals surface area (Å²) in [6.07, 6.45) is 2.79. The minimum atomic E-state index is -0.292. The van der Waals surface area contributed by atoms with Crippen LogP contribution in [0.2, 0.25) is 0 Å². The van der Waals surface area contributed by atoms with Crippen LogP contribution in [0.5, 0.6) is 0 Å². The molecule has 1 unspecified atom stereocenters. The number of rotatable bonds is 5. The van der Waals surface area contributed by atoms with Gasteiger partial charge in [-0.2, -0.15) is 0 Å². The third kappa shape index (κ3) is 3.18. The number of nitrogens with one attached hydrogen (secondary N) is 1. The van der Waals surface area contributed by atoms with E-state index in [0.29, 0.717) is 6.54 Å². The number of aromatic amines is 1. The first-order valence-corrected chi connectivity index (χ1v) is 9.21. The Morgan fingerprint density at radius 1 is 1.08 bits per heavy atom. The Morgan fingerprint density at radius 2 is 1.85 bits per heavy atom. The molecule has 4 heteroatoms. The molecule has 2 heterocycles. The van der Waals surface area contributed by atoms with E-state index in [1.807, 2.05) is 48.5 Å². The van der Waals surface area contributed by atoms with Gasteiger partial charge in [-0.05, 0) is 48.9 Å². The van der Waals surface area contributed by atoms with E-state index in [4.69, 9.17) is 0 Å². The monoisotopic (exact) mass is 348 g/mol. The van der Waals surface area contributed by atoms with Gasteiger partial charge in [0.25, 0.3) is 5.56 Å². The number of benzene rings is 2. The fourth-order valence-electron chi connectivity index (χ4n) is 4.17. The van der Waals surface area contributed by atoms with Gasteiger partial charge in [-0.25, -0.2) is 0 Å². The van der Waals surface area contributed by atoms with Crippen LogP contribution in [0, 0.1) is 0 Å². The molecule has 0 bridgehead atoms. The van der Waals surface area contributed by atoms with Crippen molar-refractivity contribution in [3.8, 4) is 0 Å². The van der Waals surface area contributed by atoms with Gasteiger partial charge in [0.15, 0.2) is 0 Å². The molecule has 3 aromatic rings. The Morgan fingerprint density at radius 3 is 2.65 bits per heavy atom. The van der Waals surface area contributed by atoms with Crippen molar-refractivity contribution in [2.75, 3.05) is 13.2 Å². The van der Waals surface area contributed by atoms with Crippen molar-refractivity contribution in [1.29, 1.82) is 0 Å².